The van der Waals surface area contributed by atoms with Crippen LogP contribution >= 0.6 is 11.6 Å². The van der Waals surface area contributed by atoms with Gasteiger partial charge < -0.3 is 24.4 Å². The number of rotatable bonds is 3. The van der Waals surface area contributed by atoms with Crippen molar-refractivity contribution in [2.75, 3.05) is 36.5 Å². The van der Waals surface area contributed by atoms with Crippen molar-refractivity contribution < 1.29 is 14.2 Å². The zero-order valence-corrected chi connectivity index (χ0v) is 14.7. The summed E-state index contributed by atoms with van der Waals surface area (Å²) in [4.78, 5) is 6.69. The molecule has 26 heavy (non-hydrogen) atoms. The van der Waals surface area contributed by atoms with Crippen LogP contribution in [0.5, 0.6) is 5.88 Å². The molecule has 2 fully saturated rings. The number of ether oxygens (including phenoxy) is 3. The topological polar surface area (TPSA) is 81.6 Å². The largest absolute Gasteiger partial charge is 0.472 e. The minimum absolute atomic E-state index is 0.0528. The van der Waals surface area contributed by atoms with Crippen LogP contribution in [0.1, 0.15) is 18.3 Å². The Labute approximate surface area is 155 Å². The highest BCUT2D eigenvalue weighted by Gasteiger charge is 2.38. The molecule has 2 aromatic rings. The predicted molar refractivity (Wildman–Crippen MR) is 94.6 cm³/mol. The monoisotopic (exact) mass is 375 g/mol. The highest BCUT2D eigenvalue weighted by molar-refractivity contribution is 6.29. The molecule has 0 spiro atoms. The second-order valence-corrected chi connectivity index (χ2v) is 6.95. The van der Waals surface area contributed by atoms with Crippen LogP contribution in [-0.4, -0.2) is 53.6 Å². The summed E-state index contributed by atoms with van der Waals surface area (Å²) in [5, 5.41) is 11.7. The fraction of sp³-hybridized carbons (Fsp3) is 0.471. The zero-order valence-electron chi connectivity index (χ0n) is 14.0. The number of nitrogens with one attached hydrogen (secondary N) is 1. The first kappa shape index (κ1) is 16.0. The Morgan fingerprint density at radius 2 is 2.12 bits per heavy atom. The fourth-order valence-electron chi connectivity index (χ4n) is 3.69. The van der Waals surface area contributed by atoms with Crippen molar-refractivity contribution in [2.24, 2.45) is 0 Å². The Bertz CT molecular complexity index is 799. The van der Waals surface area contributed by atoms with Gasteiger partial charge in [0.15, 0.2) is 17.3 Å². The van der Waals surface area contributed by atoms with Crippen molar-refractivity contribution in [3.8, 4) is 5.88 Å². The van der Waals surface area contributed by atoms with E-state index in [0.717, 1.165) is 36.6 Å². The third kappa shape index (κ3) is 2.94. The van der Waals surface area contributed by atoms with Crippen LogP contribution in [0, 0.1) is 0 Å². The highest BCUT2D eigenvalue weighted by atomic mass is 35.5. The molecule has 5 rings (SSSR count). The van der Waals surface area contributed by atoms with Crippen LogP contribution in [0.3, 0.4) is 0 Å². The van der Waals surface area contributed by atoms with E-state index in [0.29, 0.717) is 30.3 Å². The van der Waals surface area contributed by atoms with Gasteiger partial charge in [-0.05, 0) is 6.07 Å². The molecule has 1 N–H and O–H groups in total. The number of hydrogen-bond acceptors (Lipinski definition) is 8. The Balaban J connectivity index is 1.28. The smallest absolute Gasteiger partial charge is 0.213 e. The van der Waals surface area contributed by atoms with E-state index in [4.69, 9.17) is 25.8 Å². The molecule has 3 aliphatic heterocycles. The standard InChI is InChI=1S/C17H18ClN5O3/c18-14-6-13-16(22-21-14)20-8-11-5-12(9-23(11)13)26-15-2-1-10(7-19-15)17-24-3-4-25-17/h1-2,6-7,11-12,17H,3-5,8-9H2,(H,20,22). The number of aromatic nitrogens is 3. The lowest BCUT2D eigenvalue weighted by Crippen LogP contribution is -2.40. The van der Waals surface area contributed by atoms with Crippen molar-refractivity contribution in [3.05, 3.63) is 35.1 Å². The van der Waals surface area contributed by atoms with Gasteiger partial charge in [-0.1, -0.05) is 11.6 Å². The van der Waals surface area contributed by atoms with Gasteiger partial charge >= 0.3 is 0 Å². The lowest BCUT2D eigenvalue weighted by Gasteiger charge is -2.32. The third-order valence-electron chi connectivity index (χ3n) is 4.88. The van der Waals surface area contributed by atoms with Crippen LogP contribution in [0.2, 0.25) is 5.15 Å². The Morgan fingerprint density at radius 3 is 2.92 bits per heavy atom. The van der Waals surface area contributed by atoms with E-state index < -0.39 is 0 Å². The van der Waals surface area contributed by atoms with Gasteiger partial charge in [0.1, 0.15) is 6.10 Å². The number of pyridine rings is 1. The molecule has 0 aromatic carbocycles. The van der Waals surface area contributed by atoms with Crippen LogP contribution in [-0.2, 0) is 9.47 Å². The molecular weight excluding hydrogens is 358 g/mol. The summed E-state index contributed by atoms with van der Waals surface area (Å²) in [6.07, 6.45) is 2.40. The van der Waals surface area contributed by atoms with E-state index in [9.17, 15) is 0 Å². The average molecular weight is 376 g/mol. The minimum Gasteiger partial charge on any atom is -0.472 e. The summed E-state index contributed by atoms with van der Waals surface area (Å²) >= 11 is 6.01. The molecule has 136 valence electrons. The number of anilines is 2. The van der Waals surface area contributed by atoms with Crippen molar-refractivity contribution >= 4 is 23.1 Å². The normalized spacial score (nSPS) is 24.9. The molecule has 2 unspecified atom stereocenters. The summed E-state index contributed by atoms with van der Waals surface area (Å²) in [5.41, 5.74) is 1.89. The first-order chi connectivity index (χ1) is 12.8. The summed E-state index contributed by atoms with van der Waals surface area (Å²) in [7, 11) is 0. The van der Waals surface area contributed by atoms with Gasteiger partial charge in [0.05, 0.1) is 31.5 Å². The van der Waals surface area contributed by atoms with Gasteiger partial charge in [0.2, 0.25) is 5.88 Å². The number of halogens is 1. The highest BCUT2D eigenvalue weighted by Crippen LogP contribution is 2.36. The molecule has 2 atom stereocenters. The summed E-state index contributed by atoms with van der Waals surface area (Å²) < 4.78 is 17.1. The second kappa shape index (κ2) is 6.53. The number of nitrogens with zero attached hydrogens (tertiary/aromatic N) is 4. The Morgan fingerprint density at radius 1 is 1.23 bits per heavy atom. The first-order valence-corrected chi connectivity index (χ1v) is 9.03. The van der Waals surface area contributed by atoms with Crippen LogP contribution in [0.15, 0.2) is 24.4 Å². The molecule has 0 saturated carbocycles. The molecule has 2 saturated heterocycles. The van der Waals surface area contributed by atoms with E-state index in [-0.39, 0.29) is 12.4 Å². The first-order valence-electron chi connectivity index (χ1n) is 8.66. The maximum atomic E-state index is 6.10. The number of hydrogen-bond donors (Lipinski definition) is 1. The molecule has 0 aliphatic carbocycles. The Hall–Kier alpha value is -2.16. The summed E-state index contributed by atoms with van der Waals surface area (Å²) in [6, 6.07) is 5.99. The van der Waals surface area contributed by atoms with Crippen molar-refractivity contribution in [1.82, 2.24) is 15.2 Å². The van der Waals surface area contributed by atoms with Gasteiger partial charge in [-0.15, -0.1) is 10.2 Å². The van der Waals surface area contributed by atoms with E-state index in [1.165, 1.54) is 0 Å². The molecule has 5 heterocycles. The molecular formula is C17H18ClN5O3. The lowest BCUT2D eigenvalue weighted by molar-refractivity contribution is -0.0444. The molecule has 3 aliphatic rings. The van der Waals surface area contributed by atoms with Gasteiger partial charge in [-0.25, -0.2) is 4.98 Å². The summed E-state index contributed by atoms with van der Waals surface area (Å²) in [5.74, 6) is 1.38. The second-order valence-electron chi connectivity index (χ2n) is 6.57. The predicted octanol–water partition coefficient (Wildman–Crippen LogP) is 2.02. The molecule has 9 heteroatoms. The van der Waals surface area contributed by atoms with E-state index in [2.05, 4.69) is 25.4 Å². The van der Waals surface area contributed by atoms with E-state index in [1.807, 2.05) is 18.2 Å². The quantitative estimate of drug-likeness (QED) is 0.872. The minimum atomic E-state index is -0.314. The average Bonchev–Trinajstić information content (AvgIpc) is 3.32. The zero-order chi connectivity index (χ0) is 17.5. The van der Waals surface area contributed by atoms with Gasteiger partial charge in [-0.3, -0.25) is 0 Å². The van der Waals surface area contributed by atoms with Gasteiger partial charge in [-0.2, -0.15) is 0 Å². The van der Waals surface area contributed by atoms with E-state index >= 15 is 0 Å². The van der Waals surface area contributed by atoms with Crippen LogP contribution in [0.4, 0.5) is 11.5 Å². The molecule has 8 nitrogen and oxygen atoms in total. The van der Waals surface area contributed by atoms with E-state index in [1.54, 1.807) is 6.20 Å². The molecule has 2 aromatic heterocycles. The van der Waals surface area contributed by atoms with Crippen molar-refractivity contribution in [2.45, 2.75) is 24.9 Å². The lowest BCUT2D eigenvalue weighted by atomic mass is 10.1. The van der Waals surface area contributed by atoms with Crippen molar-refractivity contribution in [3.63, 3.8) is 0 Å². The molecule has 0 amide bonds. The number of fused-ring (bicyclic) bond motifs is 3. The van der Waals surface area contributed by atoms with Gasteiger partial charge in [0, 0.05) is 36.9 Å². The molecule has 0 radical (unpaired) electrons. The van der Waals surface area contributed by atoms with Crippen LogP contribution < -0.4 is 15.0 Å². The maximum Gasteiger partial charge on any atom is 0.213 e. The SMILES string of the molecule is Clc1cc2c(nn1)NCC1CC(Oc3ccc(C4OCCO4)cn3)CN21. The van der Waals surface area contributed by atoms with Gasteiger partial charge in [0.25, 0.3) is 0 Å². The fourth-order valence-corrected chi connectivity index (χ4v) is 3.83. The molecule has 0 bridgehead atoms. The summed E-state index contributed by atoms with van der Waals surface area (Å²) in [6.45, 7) is 2.81. The van der Waals surface area contributed by atoms with Crippen molar-refractivity contribution in [1.29, 1.82) is 0 Å². The van der Waals surface area contributed by atoms with Crippen LogP contribution in [0.25, 0.3) is 0 Å². The Kier molecular flexibility index (Phi) is 4.03. The third-order valence-corrected chi connectivity index (χ3v) is 5.06. The maximum absolute atomic E-state index is 6.10.